The van der Waals surface area contributed by atoms with Gasteiger partial charge < -0.3 is 9.84 Å². The first-order valence-electron chi connectivity index (χ1n) is 5.50. The lowest BCUT2D eigenvalue weighted by molar-refractivity contribution is 0.0696. The summed E-state index contributed by atoms with van der Waals surface area (Å²) in [6, 6.07) is 4.81. The van der Waals surface area contributed by atoms with Gasteiger partial charge in [0.05, 0.1) is 11.8 Å². The molecule has 0 fully saturated rings. The van der Waals surface area contributed by atoms with Gasteiger partial charge in [-0.15, -0.1) is 0 Å². The molecule has 0 amide bonds. The Bertz CT molecular complexity index is 575. The van der Waals surface area contributed by atoms with Gasteiger partial charge in [0.2, 0.25) is 0 Å². The van der Waals surface area contributed by atoms with Crippen LogP contribution in [0.5, 0.6) is 5.75 Å². The summed E-state index contributed by atoms with van der Waals surface area (Å²) in [6.45, 7) is 2.24. The SMILES string of the molecule is Cc1cc(C(=O)O)ccc1OCc1cnn(C)c1. The maximum Gasteiger partial charge on any atom is 0.335 e. The van der Waals surface area contributed by atoms with Gasteiger partial charge >= 0.3 is 5.97 Å². The predicted molar refractivity (Wildman–Crippen MR) is 65.7 cm³/mol. The van der Waals surface area contributed by atoms with Crippen LogP contribution in [0.3, 0.4) is 0 Å². The Morgan fingerprint density at radius 1 is 1.50 bits per heavy atom. The predicted octanol–water partition coefficient (Wildman–Crippen LogP) is 2.01. The fourth-order valence-corrected chi connectivity index (χ4v) is 1.65. The van der Waals surface area contributed by atoms with Crippen LogP contribution >= 0.6 is 0 Å². The Hall–Kier alpha value is -2.30. The van der Waals surface area contributed by atoms with Crippen LogP contribution in [0.4, 0.5) is 0 Å². The first-order valence-corrected chi connectivity index (χ1v) is 5.50. The van der Waals surface area contributed by atoms with Crippen LogP contribution in [0.15, 0.2) is 30.6 Å². The second-order valence-electron chi connectivity index (χ2n) is 4.10. The maximum absolute atomic E-state index is 10.8. The molecule has 1 aromatic heterocycles. The molecule has 0 unspecified atom stereocenters. The Labute approximate surface area is 105 Å². The molecule has 0 bridgehead atoms. The summed E-state index contributed by atoms with van der Waals surface area (Å²) in [6.07, 6.45) is 3.61. The average Bonchev–Trinajstić information content (AvgIpc) is 2.73. The van der Waals surface area contributed by atoms with Crippen LogP contribution in [0.25, 0.3) is 0 Å². The molecule has 0 radical (unpaired) electrons. The van der Waals surface area contributed by atoms with Crippen molar-refractivity contribution >= 4 is 5.97 Å². The molecule has 18 heavy (non-hydrogen) atoms. The number of rotatable bonds is 4. The van der Waals surface area contributed by atoms with Gasteiger partial charge in [-0.3, -0.25) is 4.68 Å². The van der Waals surface area contributed by atoms with Crippen molar-refractivity contribution in [1.82, 2.24) is 9.78 Å². The van der Waals surface area contributed by atoms with Gasteiger partial charge in [-0.2, -0.15) is 5.10 Å². The van der Waals surface area contributed by atoms with Gasteiger partial charge in [0, 0.05) is 18.8 Å². The standard InChI is InChI=1S/C13H14N2O3/c1-9-5-11(13(16)17)3-4-12(9)18-8-10-6-14-15(2)7-10/h3-7H,8H2,1-2H3,(H,16,17). The summed E-state index contributed by atoms with van der Waals surface area (Å²) in [5, 5.41) is 12.9. The van der Waals surface area contributed by atoms with Crippen LogP contribution in [0, 0.1) is 6.92 Å². The molecule has 1 heterocycles. The van der Waals surface area contributed by atoms with Crippen molar-refractivity contribution < 1.29 is 14.6 Å². The molecular weight excluding hydrogens is 232 g/mol. The van der Waals surface area contributed by atoms with Gasteiger partial charge in [-0.25, -0.2) is 4.79 Å². The van der Waals surface area contributed by atoms with Gasteiger partial charge in [-0.05, 0) is 30.7 Å². The largest absolute Gasteiger partial charge is 0.489 e. The second kappa shape index (κ2) is 4.91. The Morgan fingerprint density at radius 3 is 2.83 bits per heavy atom. The van der Waals surface area contributed by atoms with Crippen molar-refractivity contribution in [1.29, 1.82) is 0 Å². The summed E-state index contributed by atoms with van der Waals surface area (Å²) in [4.78, 5) is 10.8. The van der Waals surface area contributed by atoms with E-state index >= 15 is 0 Å². The molecule has 0 aliphatic carbocycles. The molecule has 0 aliphatic heterocycles. The average molecular weight is 246 g/mol. The zero-order chi connectivity index (χ0) is 13.1. The van der Waals surface area contributed by atoms with Gasteiger partial charge in [-0.1, -0.05) is 0 Å². The molecule has 0 aliphatic rings. The number of aromatic nitrogens is 2. The van der Waals surface area contributed by atoms with Crippen molar-refractivity contribution in [2.24, 2.45) is 7.05 Å². The lowest BCUT2D eigenvalue weighted by atomic mass is 10.1. The second-order valence-corrected chi connectivity index (χ2v) is 4.10. The molecule has 2 rings (SSSR count). The highest BCUT2D eigenvalue weighted by Gasteiger charge is 2.07. The first-order chi connectivity index (χ1) is 8.56. The molecule has 5 nitrogen and oxygen atoms in total. The Morgan fingerprint density at radius 2 is 2.28 bits per heavy atom. The highest BCUT2D eigenvalue weighted by molar-refractivity contribution is 5.88. The van der Waals surface area contributed by atoms with Crippen LogP contribution in [-0.4, -0.2) is 20.9 Å². The fraction of sp³-hybridized carbons (Fsp3) is 0.231. The van der Waals surface area contributed by atoms with Crippen molar-refractivity contribution in [3.63, 3.8) is 0 Å². The number of aryl methyl sites for hydroxylation is 2. The Balaban J connectivity index is 2.08. The highest BCUT2D eigenvalue weighted by atomic mass is 16.5. The lowest BCUT2D eigenvalue weighted by Crippen LogP contribution is -2.00. The smallest absolute Gasteiger partial charge is 0.335 e. The van der Waals surface area contributed by atoms with Crippen LogP contribution in [-0.2, 0) is 13.7 Å². The molecule has 0 saturated carbocycles. The number of carbonyl (C=O) groups is 1. The zero-order valence-corrected chi connectivity index (χ0v) is 10.3. The van der Waals surface area contributed by atoms with Gasteiger partial charge in [0.15, 0.2) is 0 Å². The molecule has 1 N–H and O–H groups in total. The van der Waals surface area contributed by atoms with E-state index in [9.17, 15) is 4.79 Å². The topological polar surface area (TPSA) is 64.3 Å². The summed E-state index contributed by atoms with van der Waals surface area (Å²) in [7, 11) is 1.84. The molecule has 2 aromatic rings. The summed E-state index contributed by atoms with van der Waals surface area (Å²) >= 11 is 0. The zero-order valence-electron chi connectivity index (χ0n) is 10.3. The van der Waals surface area contributed by atoms with E-state index in [2.05, 4.69) is 5.10 Å². The molecule has 94 valence electrons. The third kappa shape index (κ3) is 2.68. The minimum absolute atomic E-state index is 0.265. The monoisotopic (exact) mass is 246 g/mol. The third-order valence-electron chi connectivity index (χ3n) is 2.57. The van der Waals surface area contributed by atoms with Gasteiger partial charge in [0.1, 0.15) is 12.4 Å². The molecule has 5 heteroatoms. The third-order valence-corrected chi connectivity index (χ3v) is 2.57. The van der Waals surface area contributed by atoms with E-state index in [-0.39, 0.29) is 5.56 Å². The molecule has 0 atom stereocenters. The number of carboxylic acids is 1. The number of ether oxygens (including phenoxy) is 1. The molecule has 1 aromatic carbocycles. The first kappa shape index (κ1) is 12.2. The maximum atomic E-state index is 10.8. The highest BCUT2D eigenvalue weighted by Crippen LogP contribution is 2.20. The van der Waals surface area contributed by atoms with Crippen LogP contribution < -0.4 is 4.74 Å². The van der Waals surface area contributed by atoms with Crippen molar-refractivity contribution in [2.75, 3.05) is 0 Å². The van der Waals surface area contributed by atoms with Crippen LogP contribution in [0.2, 0.25) is 0 Å². The van der Waals surface area contributed by atoms with Gasteiger partial charge in [0.25, 0.3) is 0 Å². The fourth-order valence-electron chi connectivity index (χ4n) is 1.65. The van der Waals surface area contributed by atoms with Crippen LogP contribution in [0.1, 0.15) is 21.5 Å². The Kier molecular flexibility index (Phi) is 3.32. The van der Waals surface area contributed by atoms with E-state index in [0.29, 0.717) is 12.4 Å². The van der Waals surface area contributed by atoms with E-state index in [1.54, 1.807) is 23.0 Å². The summed E-state index contributed by atoms with van der Waals surface area (Å²) < 4.78 is 7.33. The number of benzene rings is 1. The van der Waals surface area contributed by atoms with E-state index < -0.39 is 5.97 Å². The van der Waals surface area contributed by atoms with E-state index in [0.717, 1.165) is 11.1 Å². The summed E-state index contributed by atoms with van der Waals surface area (Å²) in [5.74, 6) is -0.249. The minimum atomic E-state index is -0.933. The minimum Gasteiger partial charge on any atom is -0.489 e. The number of nitrogens with zero attached hydrogens (tertiary/aromatic N) is 2. The molecular formula is C13H14N2O3. The number of hydrogen-bond donors (Lipinski definition) is 1. The quantitative estimate of drug-likeness (QED) is 0.896. The van der Waals surface area contributed by atoms with Crippen molar-refractivity contribution in [2.45, 2.75) is 13.5 Å². The normalized spacial score (nSPS) is 10.3. The molecule has 0 saturated heterocycles. The molecule has 0 spiro atoms. The number of aromatic carboxylic acids is 1. The van der Waals surface area contributed by atoms with Crippen molar-refractivity contribution in [3.05, 3.63) is 47.3 Å². The number of hydrogen-bond acceptors (Lipinski definition) is 3. The number of carboxylic acid groups (broad SMARTS) is 1. The van der Waals surface area contributed by atoms with Crippen molar-refractivity contribution in [3.8, 4) is 5.75 Å². The lowest BCUT2D eigenvalue weighted by Gasteiger charge is -2.08. The van der Waals surface area contributed by atoms with E-state index in [1.807, 2.05) is 20.2 Å². The van der Waals surface area contributed by atoms with E-state index in [4.69, 9.17) is 9.84 Å². The van der Waals surface area contributed by atoms with E-state index in [1.165, 1.54) is 6.07 Å². The summed E-state index contributed by atoms with van der Waals surface area (Å²) in [5.41, 5.74) is 2.04.